The number of hydrogen-bond donors (Lipinski definition) is 1. The smallest absolute Gasteiger partial charge is 0.250 e. The van der Waals surface area contributed by atoms with Crippen molar-refractivity contribution < 1.29 is 9.59 Å². The van der Waals surface area contributed by atoms with E-state index in [2.05, 4.69) is 21.2 Å². The van der Waals surface area contributed by atoms with Crippen molar-refractivity contribution in [3.63, 3.8) is 0 Å². The van der Waals surface area contributed by atoms with Crippen LogP contribution >= 0.6 is 15.9 Å². The first-order valence-electron chi connectivity index (χ1n) is 6.75. The summed E-state index contributed by atoms with van der Waals surface area (Å²) < 4.78 is 0.837. The van der Waals surface area contributed by atoms with E-state index < -0.39 is 6.04 Å². The molecule has 0 aliphatic carbocycles. The molecule has 0 spiro atoms. The van der Waals surface area contributed by atoms with E-state index in [1.807, 2.05) is 39.0 Å². The number of anilines is 1. The largest absolute Gasteiger partial charge is 0.343 e. The molecule has 1 unspecified atom stereocenters. The molecule has 0 aromatic heterocycles. The molecule has 20 heavy (non-hydrogen) atoms. The fourth-order valence-corrected chi connectivity index (χ4v) is 3.08. The van der Waals surface area contributed by atoms with Gasteiger partial charge in [-0.2, -0.15) is 0 Å². The Labute approximate surface area is 127 Å². The number of carbonyl (C=O) groups is 2. The number of nitrogens with one attached hydrogen (secondary N) is 1. The van der Waals surface area contributed by atoms with Crippen molar-refractivity contribution in [3.8, 4) is 0 Å². The summed E-state index contributed by atoms with van der Waals surface area (Å²) >= 11 is 3.48. The van der Waals surface area contributed by atoms with Crippen LogP contribution in [0, 0.1) is 12.8 Å². The van der Waals surface area contributed by atoms with Gasteiger partial charge in [-0.1, -0.05) is 19.9 Å². The fraction of sp³-hybridized carbons (Fsp3) is 0.467. The van der Waals surface area contributed by atoms with Crippen molar-refractivity contribution in [2.45, 2.75) is 33.2 Å². The molecule has 1 aliphatic rings. The average Bonchev–Trinajstić information content (AvgIpc) is 2.33. The Bertz CT molecular complexity index is 543. The lowest BCUT2D eigenvalue weighted by Gasteiger charge is -2.33. The van der Waals surface area contributed by atoms with Gasteiger partial charge in [-0.25, -0.2) is 0 Å². The lowest BCUT2D eigenvalue weighted by Crippen LogP contribution is -2.58. The molecule has 1 N–H and O–H groups in total. The monoisotopic (exact) mass is 338 g/mol. The van der Waals surface area contributed by atoms with E-state index in [9.17, 15) is 9.59 Å². The van der Waals surface area contributed by atoms with Gasteiger partial charge in [0.1, 0.15) is 12.6 Å². The van der Waals surface area contributed by atoms with Crippen molar-refractivity contribution in [3.05, 3.63) is 28.2 Å². The summed E-state index contributed by atoms with van der Waals surface area (Å²) in [5.74, 6) is 0.205. The third-order valence-electron chi connectivity index (χ3n) is 3.30. The highest BCUT2D eigenvalue weighted by Gasteiger charge is 2.34. The first kappa shape index (κ1) is 15.0. The summed E-state index contributed by atoms with van der Waals surface area (Å²) in [6.45, 7) is 6.15. The maximum atomic E-state index is 12.5. The molecule has 4 nitrogen and oxygen atoms in total. The van der Waals surface area contributed by atoms with Crippen molar-refractivity contribution >= 4 is 33.4 Å². The predicted octanol–water partition coefficient (Wildman–Crippen LogP) is 2.64. The molecule has 0 bridgehead atoms. The molecule has 1 aliphatic heterocycles. The summed E-state index contributed by atoms with van der Waals surface area (Å²) in [5, 5.41) is 2.78. The molecule has 0 saturated carbocycles. The molecule has 1 saturated heterocycles. The average molecular weight is 339 g/mol. The highest BCUT2D eigenvalue weighted by atomic mass is 79.9. The second-order valence-electron chi connectivity index (χ2n) is 5.63. The molecule has 1 fully saturated rings. The second-order valence-corrected chi connectivity index (χ2v) is 6.48. The molecule has 2 amide bonds. The van der Waals surface area contributed by atoms with Gasteiger partial charge < -0.3 is 10.2 Å². The summed E-state index contributed by atoms with van der Waals surface area (Å²) in [7, 11) is 0. The molecule has 0 radical (unpaired) electrons. The Balaban J connectivity index is 2.30. The molecule has 5 heteroatoms. The van der Waals surface area contributed by atoms with Crippen LogP contribution in [0.2, 0.25) is 0 Å². The predicted molar refractivity (Wildman–Crippen MR) is 82.6 cm³/mol. The van der Waals surface area contributed by atoms with Gasteiger partial charge in [-0.15, -0.1) is 0 Å². The van der Waals surface area contributed by atoms with E-state index in [1.165, 1.54) is 0 Å². The van der Waals surface area contributed by atoms with Gasteiger partial charge in [0.25, 0.3) is 0 Å². The van der Waals surface area contributed by atoms with Crippen LogP contribution in [0.15, 0.2) is 22.7 Å². The number of amides is 2. The van der Waals surface area contributed by atoms with Gasteiger partial charge in [0, 0.05) is 4.47 Å². The van der Waals surface area contributed by atoms with Crippen LogP contribution < -0.4 is 10.2 Å². The van der Waals surface area contributed by atoms with E-state index in [0.717, 1.165) is 15.7 Å². The number of aryl methyl sites for hydroxylation is 1. The zero-order valence-electron chi connectivity index (χ0n) is 11.9. The van der Waals surface area contributed by atoms with Crippen molar-refractivity contribution in [1.29, 1.82) is 0 Å². The van der Waals surface area contributed by atoms with E-state index in [4.69, 9.17) is 0 Å². The number of carbonyl (C=O) groups excluding carboxylic acids is 2. The first-order chi connectivity index (χ1) is 9.38. The number of piperazine rings is 1. The van der Waals surface area contributed by atoms with E-state index in [-0.39, 0.29) is 18.4 Å². The zero-order valence-corrected chi connectivity index (χ0v) is 13.5. The van der Waals surface area contributed by atoms with Crippen molar-refractivity contribution in [1.82, 2.24) is 5.32 Å². The Morgan fingerprint density at radius 1 is 1.40 bits per heavy atom. The summed E-state index contributed by atoms with van der Waals surface area (Å²) in [6, 6.07) is 5.34. The number of rotatable bonds is 3. The molecule has 1 heterocycles. The standard InChI is InChI=1S/C15H19BrN2O2/c1-9(2)6-12-15(20)18(8-14(19)17-12)13-5-4-10(3)7-11(13)16/h4-5,7,9,12H,6,8H2,1-3H3,(H,17,19). The van der Waals surface area contributed by atoms with Crippen LogP contribution in [0.25, 0.3) is 0 Å². The topological polar surface area (TPSA) is 49.4 Å². The third-order valence-corrected chi connectivity index (χ3v) is 3.94. The summed E-state index contributed by atoms with van der Waals surface area (Å²) in [4.78, 5) is 25.9. The number of halogens is 1. The van der Waals surface area contributed by atoms with Gasteiger partial charge in [-0.3, -0.25) is 9.59 Å². The fourth-order valence-electron chi connectivity index (χ4n) is 2.38. The summed E-state index contributed by atoms with van der Waals surface area (Å²) in [6.07, 6.45) is 0.657. The number of benzene rings is 1. The van der Waals surface area contributed by atoms with Crippen molar-refractivity contribution in [2.24, 2.45) is 5.92 Å². The summed E-state index contributed by atoms with van der Waals surface area (Å²) in [5.41, 5.74) is 1.86. The normalized spacial score (nSPS) is 19.4. The lowest BCUT2D eigenvalue weighted by atomic mass is 10.0. The Morgan fingerprint density at radius 3 is 2.70 bits per heavy atom. The molecule has 1 aromatic rings. The molecule has 1 atom stereocenters. The lowest BCUT2D eigenvalue weighted by molar-refractivity contribution is -0.131. The van der Waals surface area contributed by atoms with Crippen molar-refractivity contribution in [2.75, 3.05) is 11.4 Å². The van der Waals surface area contributed by atoms with Crippen LogP contribution in [0.1, 0.15) is 25.8 Å². The number of nitrogens with zero attached hydrogens (tertiary/aromatic N) is 1. The van der Waals surface area contributed by atoms with Gasteiger partial charge in [0.05, 0.1) is 5.69 Å². The van der Waals surface area contributed by atoms with Gasteiger partial charge in [-0.05, 0) is 52.9 Å². The Hall–Kier alpha value is -1.36. The molecule has 108 valence electrons. The van der Waals surface area contributed by atoms with E-state index in [0.29, 0.717) is 12.3 Å². The molecular weight excluding hydrogens is 320 g/mol. The van der Waals surface area contributed by atoms with Crippen LogP contribution in [0.3, 0.4) is 0 Å². The minimum atomic E-state index is -0.426. The number of hydrogen-bond acceptors (Lipinski definition) is 2. The minimum Gasteiger partial charge on any atom is -0.343 e. The van der Waals surface area contributed by atoms with Crippen LogP contribution in [0.5, 0.6) is 0 Å². The van der Waals surface area contributed by atoms with Crippen LogP contribution in [-0.4, -0.2) is 24.4 Å². The third kappa shape index (κ3) is 3.20. The van der Waals surface area contributed by atoms with Crippen LogP contribution in [0.4, 0.5) is 5.69 Å². The Kier molecular flexibility index (Phi) is 4.48. The molecule has 1 aromatic carbocycles. The highest BCUT2D eigenvalue weighted by molar-refractivity contribution is 9.10. The molecule has 2 rings (SSSR count). The minimum absolute atomic E-state index is 0.0390. The quantitative estimate of drug-likeness (QED) is 0.920. The Morgan fingerprint density at radius 2 is 2.10 bits per heavy atom. The zero-order chi connectivity index (χ0) is 14.9. The SMILES string of the molecule is Cc1ccc(N2CC(=O)NC(CC(C)C)C2=O)c(Br)c1. The second kappa shape index (κ2) is 5.95. The first-order valence-corrected chi connectivity index (χ1v) is 7.54. The van der Waals surface area contributed by atoms with Gasteiger partial charge >= 0.3 is 0 Å². The van der Waals surface area contributed by atoms with E-state index in [1.54, 1.807) is 4.90 Å². The van der Waals surface area contributed by atoms with Gasteiger partial charge in [0.15, 0.2) is 0 Å². The van der Waals surface area contributed by atoms with E-state index >= 15 is 0 Å². The van der Waals surface area contributed by atoms with Crippen LogP contribution in [-0.2, 0) is 9.59 Å². The maximum absolute atomic E-state index is 12.5. The maximum Gasteiger partial charge on any atom is 0.250 e. The molecular formula is C15H19BrN2O2. The van der Waals surface area contributed by atoms with Gasteiger partial charge in [0.2, 0.25) is 11.8 Å². The highest BCUT2D eigenvalue weighted by Crippen LogP contribution is 2.29.